The van der Waals surface area contributed by atoms with Gasteiger partial charge in [0.05, 0.1) is 0 Å². The van der Waals surface area contributed by atoms with Crippen LogP contribution in [0, 0.1) is 5.92 Å². The summed E-state index contributed by atoms with van der Waals surface area (Å²) in [5.74, 6) is 0.518. The summed E-state index contributed by atoms with van der Waals surface area (Å²) in [5.41, 5.74) is 0. The first-order valence-electron chi connectivity index (χ1n) is 9.35. The molecular weight excluding hydrogens is 306 g/mol. The standard InChI is InChI=1S/C18H31N3O3/c1-3-4-5-17(23)19-16-8-12-21(13-9-16)18(24)15-6-10-20(11-7-15)14(2)22/h15-16H,3-13H2,1-2H3,(H,19,23). The number of unbranched alkanes of at least 4 members (excludes halogenated alkanes) is 1. The molecule has 0 spiro atoms. The normalized spacial score (nSPS) is 20.1. The lowest BCUT2D eigenvalue weighted by atomic mass is 9.93. The van der Waals surface area contributed by atoms with E-state index in [4.69, 9.17) is 0 Å². The lowest BCUT2D eigenvalue weighted by Crippen LogP contribution is -2.49. The van der Waals surface area contributed by atoms with E-state index in [0.29, 0.717) is 19.5 Å². The van der Waals surface area contributed by atoms with Crippen molar-refractivity contribution in [1.82, 2.24) is 15.1 Å². The molecule has 0 radical (unpaired) electrons. The number of carbonyl (C=O) groups is 3. The number of rotatable bonds is 5. The third-order valence-corrected chi connectivity index (χ3v) is 5.22. The van der Waals surface area contributed by atoms with Gasteiger partial charge in [-0.05, 0) is 32.1 Å². The fourth-order valence-electron chi connectivity index (χ4n) is 3.58. The second-order valence-electron chi connectivity index (χ2n) is 7.05. The highest BCUT2D eigenvalue weighted by atomic mass is 16.2. The largest absolute Gasteiger partial charge is 0.353 e. The van der Waals surface area contributed by atoms with Gasteiger partial charge in [0.15, 0.2) is 0 Å². The van der Waals surface area contributed by atoms with Crippen molar-refractivity contribution in [2.75, 3.05) is 26.2 Å². The minimum Gasteiger partial charge on any atom is -0.353 e. The maximum absolute atomic E-state index is 12.6. The van der Waals surface area contributed by atoms with Gasteiger partial charge in [-0.2, -0.15) is 0 Å². The molecule has 2 heterocycles. The Kier molecular flexibility index (Phi) is 7.06. The Morgan fingerprint density at radius 1 is 0.958 bits per heavy atom. The summed E-state index contributed by atoms with van der Waals surface area (Å²) in [6.07, 6.45) is 5.79. The monoisotopic (exact) mass is 337 g/mol. The molecule has 0 bridgehead atoms. The van der Waals surface area contributed by atoms with Gasteiger partial charge in [-0.3, -0.25) is 14.4 Å². The number of likely N-dealkylation sites (tertiary alicyclic amines) is 2. The molecule has 0 aromatic rings. The zero-order chi connectivity index (χ0) is 17.5. The van der Waals surface area contributed by atoms with E-state index in [1.807, 2.05) is 9.80 Å². The van der Waals surface area contributed by atoms with Crippen LogP contribution in [-0.2, 0) is 14.4 Å². The van der Waals surface area contributed by atoms with E-state index < -0.39 is 0 Å². The summed E-state index contributed by atoms with van der Waals surface area (Å²) in [5, 5.41) is 3.09. The quantitative estimate of drug-likeness (QED) is 0.827. The van der Waals surface area contributed by atoms with Gasteiger partial charge in [0.1, 0.15) is 0 Å². The molecule has 6 nitrogen and oxygen atoms in total. The first-order chi connectivity index (χ1) is 11.5. The van der Waals surface area contributed by atoms with Crippen molar-refractivity contribution in [3.63, 3.8) is 0 Å². The van der Waals surface area contributed by atoms with Crippen LogP contribution in [0.15, 0.2) is 0 Å². The fraction of sp³-hybridized carbons (Fsp3) is 0.833. The first kappa shape index (κ1) is 18.7. The summed E-state index contributed by atoms with van der Waals surface area (Å²) < 4.78 is 0. The van der Waals surface area contributed by atoms with E-state index in [0.717, 1.165) is 51.6 Å². The minimum absolute atomic E-state index is 0.0521. The minimum atomic E-state index is 0.0521. The zero-order valence-corrected chi connectivity index (χ0v) is 15.1. The van der Waals surface area contributed by atoms with Crippen LogP contribution >= 0.6 is 0 Å². The predicted octanol–water partition coefficient (Wildman–Crippen LogP) is 1.54. The van der Waals surface area contributed by atoms with Gasteiger partial charge in [-0.1, -0.05) is 13.3 Å². The fourth-order valence-corrected chi connectivity index (χ4v) is 3.58. The average Bonchev–Trinajstić information content (AvgIpc) is 2.60. The van der Waals surface area contributed by atoms with Crippen molar-refractivity contribution in [2.24, 2.45) is 5.92 Å². The van der Waals surface area contributed by atoms with E-state index in [1.54, 1.807) is 6.92 Å². The molecule has 0 atom stereocenters. The van der Waals surface area contributed by atoms with Gasteiger partial charge in [0, 0.05) is 51.5 Å². The van der Waals surface area contributed by atoms with E-state index in [1.165, 1.54) is 0 Å². The van der Waals surface area contributed by atoms with Crippen LogP contribution in [0.1, 0.15) is 58.8 Å². The Morgan fingerprint density at radius 2 is 1.54 bits per heavy atom. The molecule has 3 amide bonds. The van der Waals surface area contributed by atoms with E-state index >= 15 is 0 Å². The maximum Gasteiger partial charge on any atom is 0.225 e. The highest BCUT2D eigenvalue weighted by Crippen LogP contribution is 2.22. The lowest BCUT2D eigenvalue weighted by molar-refractivity contribution is -0.141. The summed E-state index contributed by atoms with van der Waals surface area (Å²) in [6.45, 7) is 6.50. The Hall–Kier alpha value is -1.59. The predicted molar refractivity (Wildman–Crippen MR) is 92.2 cm³/mol. The molecule has 0 aromatic heterocycles. The van der Waals surface area contributed by atoms with Gasteiger partial charge in [0.25, 0.3) is 0 Å². The molecule has 2 aliphatic heterocycles. The van der Waals surface area contributed by atoms with Crippen LogP contribution in [0.3, 0.4) is 0 Å². The Morgan fingerprint density at radius 3 is 2.08 bits per heavy atom. The molecule has 0 aromatic carbocycles. The van der Waals surface area contributed by atoms with Gasteiger partial charge < -0.3 is 15.1 Å². The van der Waals surface area contributed by atoms with Crippen LogP contribution in [0.5, 0.6) is 0 Å². The highest BCUT2D eigenvalue weighted by Gasteiger charge is 2.31. The number of hydrogen-bond acceptors (Lipinski definition) is 3. The van der Waals surface area contributed by atoms with Crippen molar-refractivity contribution in [2.45, 2.75) is 64.8 Å². The summed E-state index contributed by atoms with van der Waals surface area (Å²) in [4.78, 5) is 39.6. The van der Waals surface area contributed by atoms with Gasteiger partial charge >= 0.3 is 0 Å². The molecule has 24 heavy (non-hydrogen) atoms. The van der Waals surface area contributed by atoms with Crippen LogP contribution < -0.4 is 5.32 Å². The molecule has 6 heteroatoms. The van der Waals surface area contributed by atoms with Gasteiger partial charge in [0.2, 0.25) is 17.7 Å². The molecule has 1 N–H and O–H groups in total. The Labute approximate surface area is 144 Å². The first-order valence-corrected chi connectivity index (χ1v) is 9.35. The number of carbonyl (C=O) groups excluding carboxylic acids is 3. The van der Waals surface area contributed by atoms with Crippen molar-refractivity contribution in [3.05, 3.63) is 0 Å². The molecule has 0 saturated carbocycles. The van der Waals surface area contributed by atoms with Crippen molar-refractivity contribution >= 4 is 17.7 Å². The average molecular weight is 337 g/mol. The Balaban J connectivity index is 1.71. The second kappa shape index (κ2) is 9.04. The summed E-state index contributed by atoms with van der Waals surface area (Å²) >= 11 is 0. The topological polar surface area (TPSA) is 69.7 Å². The molecule has 2 saturated heterocycles. The summed E-state index contributed by atoms with van der Waals surface area (Å²) in [7, 11) is 0. The molecule has 2 rings (SSSR count). The Bertz CT molecular complexity index is 450. The van der Waals surface area contributed by atoms with Crippen molar-refractivity contribution < 1.29 is 14.4 Å². The van der Waals surface area contributed by atoms with E-state index in [2.05, 4.69) is 12.2 Å². The number of nitrogens with one attached hydrogen (secondary N) is 1. The third-order valence-electron chi connectivity index (χ3n) is 5.22. The van der Waals surface area contributed by atoms with Crippen LogP contribution in [0.2, 0.25) is 0 Å². The lowest BCUT2D eigenvalue weighted by Gasteiger charge is -2.37. The van der Waals surface area contributed by atoms with Crippen LogP contribution in [-0.4, -0.2) is 59.7 Å². The molecule has 2 aliphatic rings. The van der Waals surface area contributed by atoms with Crippen LogP contribution in [0.4, 0.5) is 0 Å². The number of nitrogens with zero attached hydrogens (tertiary/aromatic N) is 2. The van der Waals surface area contributed by atoms with E-state index in [9.17, 15) is 14.4 Å². The smallest absolute Gasteiger partial charge is 0.225 e. The van der Waals surface area contributed by atoms with E-state index in [-0.39, 0.29) is 29.7 Å². The third kappa shape index (κ3) is 5.21. The molecule has 0 unspecified atom stereocenters. The zero-order valence-electron chi connectivity index (χ0n) is 15.1. The summed E-state index contributed by atoms with van der Waals surface area (Å²) in [6, 6.07) is 0.206. The maximum atomic E-state index is 12.6. The second-order valence-corrected chi connectivity index (χ2v) is 7.05. The van der Waals surface area contributed by atoms with Gasteiger partial charge in [-0.15, -0.1) is 0 Å². The SMILES string of the molecule is CCCCC(=O)NC1CCN(C(=O)C2CCN(C(C)=O)CC2)CC1. The molecule has 2 fully saturated rings. The molecule has 0 aliphatic carbocycles. The van der Waals surface area contributed by atoms with Crippen LogP contribution in [0.25, 0.3) is 0 Å². The molecule has 136 valence electrons. The van der Waals surface area contributed by atoms with Crippen molar-refractivity contribution in [1.29, 1.82) is 0 Å². The van der Waals surface area contributed by atoms with Crippen molar-refractivity contribution in [3.8, 4) is 0 Å². The number of hydrogen-bond donors (Lipinski definition) is 1. The van der Waals surface area contributed by atoms with Gasteiger partial charge in [-0.25, -0.2) is 0 Å². The highest BCUT2D eigenvalue weighted by molar-refractivity contribution is 5.80. The number of amides is 3. The number of piperidine rings is 2. The molecular formula is C18H31N3O3.